The van der Waals surface area contributed by atoms with Gasteiger partial charge in [0, 0.05) is 17.1 Å². The number of hydrogen-bond donors (Lipinski definition) is 2. The Labute approximate surface area is 197 Å². The minimum atomic E-state index is -0.810. The second kappa shape index (κ2) is 9.51. The van der Waals surface area contributed by atoms with E-state index < -0.39 is 17.7 Å². The summed E-state index contributed by atoms with van der Waals surface area (Å²) in [7, 11) is 0. The lowest BCUT2D eigenvalue weighted by Gasteiger charge is -2.25. The number of benzene rings is 3. The summed E-state index contributed by atoms with van der Waals surface area (Å²) in [5.74, 6) is -1.62. The molecule has 33 heavy (non-hydrogen) atoms. The van der Waals surface area contributed by atoms with Crippen LogP contribution in [0, 0.1) is 0 Å². The van der Waals surface area contributed by atoms with Crippen LogP contribution >= 0.6 is 11.6 Å². The van der Waals surface area contributed by atoms with E-state index in [1.165, 1.54) is 17.0 Å². The maximum Gasteiger partial charge on any atom is 0.295 e. The van der Waals surface area contributed by atoms with Gasteiger partial charge in [0.2, 0.25) is 0 Å². The van der Waals surface area contributed by atoms with Crippen molar-refractivity contribution in [3.63, 3.8) is 0 Å². The molecule has 0 aromatic heterocycles. The first kappa shape index (κ1) is 22.6. The van der Waals surface area contributed by atoms with Crippen LogP contribution in [0.25, 0.3) is 5.76 Å². The molecule has 3 aromatic rings. The molecular formula is C27H24ClNO4. The van der Waals surface area contributed by atoms with Crippen molar-refractivity contribution in [2.45, 2.75) is 25.8 Å². The van der Waals surface area contributed by atoms with Gasteiger partial charge in [0.1, 0.15) is 11.5 Å². The second-order valence-corrected chi connectivity index (χ2v) is 8.45. The highest BCUT2D eigenvalue weighted by atomic mass is 35.5. The molecule has 0 aliphatic carbocycles. The number of aromatic hydroxyl groups is 1. The van der Waals surface area contributed by atoms with E-state index in [2.05, 4.69) is 0 Å². The van der Waals surface area contributed by atoms with Gasteiger partial charge < -0.3 is 15.1 Å². The Bertz CT molecular complexity index is 1220. The van der Waals surface area contributed by atoms with Crippen LogP contribution in [0.3, 0.4) is 0 Å². The number of hydrogen-bond acceptors (Lipinski definition) is 4. The average Bonchev–Trinajstić information content (AvgIpc) is 3.08. The molecule has 1 aliphatic rings. The van der Waals surface area contributed by atoms with Crippen LogP contribution in [-0.4, -0.2) is 33.3 Å². The minimum absolute atomic E-state index is 0.0167. The normalized spacial score (nSPS) is 17.5. The van der Waals surface area contributed by atoms with Crippen molar-refractivity contribution in [3.05, 3.63) is 106 Å². The van der Waals surface area contributed by atoms with Crippen LogP contribution in [-0.2, 0) is 22.4 Å². The van der Waals surface area contributed by atoms with Crippen molar-refractivity contribution < 1.29 is 19.8 Å². The van der Waals surface area contributed by atoms with Crippen LogP contribution in [0.5, 0.6) is 5.75 Å². The largest absolute Gasteiger partial charge is 0.508 e. The van der Waals surface area contributed by atoms with E-state index in [1.54, 1.807) is 36.4 Å². The van der Waals surface area contributed by atoms with Crippen molar-refractivity contribution in [1.82, 2.24) is 4.90 Å². The Morgan fingerprint density at radius 2 is 1.64 bits per heavy atom. The Hall–Kier alpha value is -3.57. The molecule has 1 heterocycles. The second-order valence-electron chi connectivity index (χ2n) is 8.01. The fourth-order valence-electron chi connectivity index (χ4n) is 4.11. The molecule has 3 aromatic carbocycles. The summed E-state index contributed by atoms with van der Waals surface area (Å²) >= 11 is 5.96. The Balaban J connectivity index is 1.76. The summed E-state index contributed by atoms with van der Waals surface area (Å²) in [6, 6.07) is 20.2. The molecule has 1 fully saturated rings. The standard InChI is InChI=1S/C27H24ClNO4/c1-2-17-6-10-19(11-7-17)25(31)23-24(20-4-3-5-22(30)16-20)29(27(33)26(23)32)15-14-18-8-12-21(28)13-9-18/h3-13,16,24,30-31H,2,14-15H2,1H3/b25-23-. The molecule has 5 nitrogen and oxygen atoms in total. The highest BCUT2D eigenvalue weighted by Crippen LogP contribution is 2.40. The number of ketones is 1. The van der Waals surface area contributed by atoms with Crippen LogP contribution in [0.4, 0.5) is 0 Å². The number of carbonyl (C=O) groups excluding carboxylic acids is 2. The molecule has 0 spiro atoms. The third-order valence-electron chi connectivity index (χ3n) is 5.92. The van der Waals surface area contributed by atoms with Crippen LogP contribution in [0.1, 0.15) is 35.2 Å². The van der Waals surface area contributed by atoms with Gasteiger partial charge in [-0.15, -0.1) is 0 Å². The van der Waals surface area contributed by atoms with E-state index in [0.29, 0.717) is 22.6 Å². The molecule has 2 N–H and O–H groups in total. The summed E-state index contributed by atoms with van der Waals surface area (Å²) in [6.07, 6.45) is 1.35. The van der Waals surface area contributed by atoms with Crippen molar-refractivity contribution in [1.29, 1.82) is 0 Å². The molecule has 1 aliphatic heterocycles. The lowest BCUT2D eigenvalue weighted by Crippen LogP contribution is -2.31. The smallest absolute Gasteiger partial charge is 0.295 e. The third-order valence-corrected chi connectivity index (χ3v) is 6.17. The van der Waals surface area contributed by atoms with Gasteiger partial charge in [-0.25, -0.2) is 0 Å². The number of phenolic OH excluding ortho intramolecular Hbond substituents is 1. The van der Waals surface area contributed by atoms with Crippen molar-refractivity contribution in [2.75, 3.05) is 6.54 Å². The summed E-state index contributed by atoms with van der Waals surface area (Å²) in [5.41, 5.74) is 3.10. The van der Waals surface area contributed by atoms with Gasteiger partial charge in [-0.1, -0.05) is 67.1 Å². The molecule has 1 unspecified atom stereocenters. The number of aliphatic hydroxyl groups excluding tert-OH is 1. The van der Waals surface area contributed by atoms with E-state index in [0.717, 1.165) is 17.5 Å². The quantitative estimate of drug-likeness (QED) is 0.297. The van der Waals surface area contributed by atoms with Crippen molar-refractivity contribution in [3.8, 4) is 5.75 Å². The predicted octanol–water partition coefficient (Wildman–Crippen LogP) is 5.27. The third kappa shape index (κ3) is 4.64. The first-order valence-electron chi connectivity index (χ1n) is 10.8. The first-order valence-corrected chi connectivity index (χ1v) is 11.2. The fourth-order valence-corrected chi connectivity index (χ4v) is 4.23. The number of halogens is 1. The van der Waals surface area contributed by atoms with Gasteiger partial charge in [-0.05, 0) is 53.8 Å². The molecule has 1 amide bonds. The fraction of sp³-hybridized carbons (Fsp3) is 0.185. The number of amides is 1. The molecule has 6 heteroatoms. The van der Waals surface area contributed by atoms with Gasteiger partial charge in [0.05, 0.1) is 11.6 Å². The van der Waals surface area contributed by atoms with Crippen LogP contribution in [0.2, 0.25) is 5.02 Å². The Morgan fingerprint density at radius 1 is 0.970 bits per heavy atom. The monoisotopic (exact) mass is 461 g/mol. The number of phenols is 1. The van der Waals surface area contributed by atoms with Gasteiger partial charge in [-0.3, -0.25) is 9.59 Å². The summed E-state index contributed by atoms with van der Waals surface area (Å²) in [5, 5.41) is 21.8. The molecule has 4 rings (SSSR count). The SMILES string of the molecule is CCc1ccc(/C(O)=C2/C(=O)C(=O)N(CCc3ccc(Cl)cc3)C2c2cccc(O)c2)cc1. The Kier molecular flexibility index (Phi) is 6.52. The highest BCUT2D eigenvalue weighted by Gasteiger charge is 2.45. The van der Waals surface area contributed by atoms with E-state index in [9.17, 15) is 19.8 Å². The van der Waals surface area contributed by atoms with Gasteiger partial charge in [0.25, 0.3) is 11.7 Å². The first-order chi connectivity index (χ1) is 15.9. The lowest BCUT2D eigenvalue weighted by atomic mass is 9.94. The van der Waals surface area contributed by atoms with E-state index in [4.69, 9.17) is 11.6 Å². The van der Waals surface area contributed by atoms with Crippen LogP contribution < -0.4 is 0 Å². The zero-order valence-corrected chi connectivity index (χ0v) is 18.9. The minimum Gasteiger partial charge on any atom is -0.508 e. The molecule has 168 valence electrons. The predicted molar refractivity (Wildman–Crippen MR) is 128 cm³/mol. The topological polar surface area (TPSA) is 77.8 Å². The van der Waals surface area contributed by atoms with E-state index in [-0.39, 0.29) is 23.6 Å². The number of aliphatic hydroxyl groups is 1. The number of likely N-dealkylation sites (tertiary alicyclic amines) is 1. The average molecular weight is 462 g/mol. The summed E-state index contributed by atoms with van der Waals surface area (Å²) in [4.78, 5) is 27.6. The van der Waals surface area contributed by atoms with Crippen molar-refractivity contribution >= 4 is 29.1 Å². The highest BCUT2D eigenvalue weighted by molar-refractivity contribution is 6.46. The number of rotatable bonds is 6. The zero-order valence-electron chi connectivity index (χ0n) is 18.2. The molecule has 0 bridgehead atoms. The summed E-state index contributed by atoms with van der Waals surface area (Å²) in [6.45, 7) is 2.29. The van der Waals surface area contributed by atoms with Gasteiger partial charge in [0.15, 0.2) is 0 Å². The maximum absolute atomic E-state index is 13.1. The maximum atomic E-state index is 13.1. The molecule has 1 saturated heterocycles. The molecule has 1 atom stereocenters. The van der Waals surface area contributed by atoms with Crippen molar-refractivity contribution in [2.24, 2.45) is 0 Å². The number of carbonyl (C=O) groups is 2. The van der Waals surface area contributed by atoms with Gasteiger partial charge >= 0.3 is 0 Å². The zero-order chi connectivity index (χ0) is 23.5. The van der Waals surface area contributed by atoms with E-state index in [1.807, 2.05) is 31.2 Å². The number of Topliss-reactive ketones (excluding diaryl/α,β-unsaturated/α-hetero) is 1. The molecular weight excluding hydrogens is 438 g/mol. The van der Waals surface area contributed by atoms with Gasteiger partial charge in [-0.2, -0.15) is 0 Å². The number of aryl methyl sites for hydroxylation is 1. The lowest BCUT2D eigenvalue weighted by molar-refractivity contribution is -0.139. The Morgan fingerprint density at radius 3 is 2.27 bits per heavy atom. The molecule has 0 radical (unpaired) electrons. The molecule has 0 saturated carbocycles. The van der Waals surface area contributed by atoms with E-state index >= 15 is 0 Å². The summed E-state index contributed by atoms with van der Waals surface area (Å²) < 4.78 is 0. The van der Waals surface area contributed by atoms with Crippen LogP contribution in [0.15, 0.2) is 78.4 Å². The number of nitrogens with zero attached hydrogens (tertiary/aromatic N) is 1.